The SMILES string of the molecule is CCCC1CCC(C2CCC(OC(=O)c3cncc(Br)c3)CC2)CC1. The molecular formula is C21H30BrNO2. The summed E-state index contributed by atoms with van der Waals surface area (Å²) in [5.41, 5.74) is 0.533. The number of carbonyl (C=O) groups excluding carboxylic acids is 1. The maximum absolute atomic E-state index is 12.3. The maximum atomic E-state index is 12.3. The molecule has 0 saturated heterocycles. The second-order valence-corrected chi connectivity index (χ2v) is 8.82. The lowest BCUT2D eigenvalue weighted by Gasteiger charge is -2.37. The minimum atomic E-state index is -0.239. The van der Waals surface area contributed by atoms with Crippen molar-refractivity contribution >= 4 is 21.9 Å². The van der Waals surface area contributed by atoms with Gasteiger partial charge in [0, 0.05) is 16.9 Å². The minimum absolute atomic E-state index is 0.0826. The molecule has 0 aliphatic heterocycles. The molecule has 0 N–H and O–H groups in total. The standard InChI is InChI=1S/C21H30BrNO2/c1-2-3-15-4-6-16(7-5-15)17-8-10-20(11-9-17)25-21(24)18-12-19(22)14-23-13-18/h12-17,20H,2-11H2,1H3. The summed E-state index contributed by atoms with van der Waals surface area (Å²) >= 11 is 3.35. The molecule has 138 valence electrons. The van der Waals surface area contributed by atoms with Gasteiger partial charge in [-0.3, -0.25) is 4.98 Å². The molecule has 4 heteroatoms. The van der Waals surface area contributed by atoms with Crippen LogP contribution in [0.4, 0.5) is 0 Å². The van der Waals surface area contributed by atoms with Crippen LogP contribution in [0.25, 0.3) is 0 Å². The van der Waals surface area contributed by atoms with E-state index in [2.05, 4.69) is 27.8 Å². The summed E-state index contributed by atoms with van der Waals surface area (Å²) in [6.07, 6.45) is 16.3. The Hall–Kier alpha value is -0.900. The Bertz CT molecular complexity index is 561. The zero-order valence-corrected chi connectivity index (χ0v) is 16.8. The predicted octanol–water partition coefficient (Wildman–Crippen LogP) is 6.17. The lowest BCUT2D eigenvalue weighted by atomic mass is 9.70. The van der Waals surface area contributed by atoms with Crippen LogP contribution in [0.5, 0.6) is 0 Å². The molecule has 0 aromatic carbocycles. The third-order valence-electron chi connectivity index (χ3n) is 6.19. The van der Waals surface area contributed by atoms with Crippen LogP contribution in [-0.2, 0) is 4.74 Å². The summed E-state index contributed by atoms with van der Waals surface area (Å²) in [6, 6.07) is 1.77. The van der Waals surface area contributed by atoms with Crippen LogP contribution in [0.15, 0.2) is 22.9 Å². The van der Waals surface area contributed by atoms with Crippen molar-refractivity contribution in [2.24, 2.45) is 17.8 Å². The van der Waals surface area contributed by atoms with Gasteiger partial charge in [-0.25, -0.2) is 4.79 Å². The van der Waals surface area contributed by atoms with Gasteiger partial charge < -0.3 is 4.74 Å². The van der Waals surface area contributed by atoms with E-state index in [-0.39, 0.29) is 12.1 Å². The van der Waals surface area contributed by atoms with E-state index < -0.39 is 0 Å². The number of hydrogen-bond donors (Lipinski definition) is 0. The number of hydrogen-bond acceptors (Lipinski definition) is 3. The molecule has 0 unspecified atom stereocenters. The van der Waals surface area contributed by atoms with Gasteiger partial charge in [-0.1, -0.05) is 32.6 Å². The molecule has 1 aromatic heterocycles. The third kappa shape index (κ3) is 5.29. The third-order valence-corrected chi connectivity index (χ3v) is 6.62. The molecule has 0 amide bonds. The highest BCUT2D eigenvalue weighted by Gasteiger charge is 2.31. The number of rotatable bonds is 5. The molecule has 3 nitrogen and oxygen atoms in total. The van der Waals surface area contributed by atoms with Gasteiger partial charge in [-0.15, -0.1) is 0 Å². The maximum Gasteiger partial charge on any atom is 0.340 e. The number of nitrogens with zero attached hydrogens (tertiary/aromatic N) is 1. The summed E-state index contributed by atoms with van der Waals surface area (Å²) in [4.78, 5) is 16.3. The second-order valence-electron chi connectivity index (χ2n) is 7.90. The number of pyridine rings is 1. The molecule has 0 spiro atoms. The van der Waals surface area contributed by atoms with Crippen molar-refractivity contribution in [3.8, 4) is 0 Å². The van der Waals surface area contributed by atoms with Crippen molar-refractivity contribution in [3.05, 3.63) is 28.5 Å². The summed E-state index contributed by atoms with van der Waals surface area (Å²) in [7, 11) is 0. The summed E-state index contributed by atoms with van der Waals surface area (Å²) in [6.45, 7) is 2.30. The van der Waals surface area contributed by atoms with E-state index in [9.17, 15) is 4.79 Å². The van der Waals surface area contributed by atoms with Crippen LogP contribution >= 0.6 is 15.9 Å². The second kappa shape index (κ2) is 9.16. The zero-order chi connectivity index (χ0) is 17.6. The summed E-state index contributed by atoms with van der Waals surface area (Å²) < 4.78 is 6.53. The molecule has 0 radical (unpaired) electrons. The molecule has 2 saturated carbocycles. The first-order valence-electron chi connectivity index (χ1n) is 9.97. The molecule has 1 aromatic rings. The normalized spacial score (nSPS) is 30.0. The molecular weight excluding hydrogens is 378 g/mol. The number of aromatic nitrogens is 1. The van der Waals surface area contributed by atoms with Gasteiger partial charge in [0.05, 0.1) is 5.56 Å². The van der Waals surface area contributed by atoms with E-state index in [1.165, 1.54) is 51.4 Å². The number of halogens is 1. The van der Waals surface area contributed by atoms with Crippen molar-refractivity contribution in [3.63, 3.8) is 0 Å². The van der Waals surface area contributed by atoms with Crippen LogP contribution in [0.2, 0.25) is 0 Å². The minimum Gasteiger partial charge on any atom is -0.459 e. The summed E-state index contributed by atoms with van der Waals surface area (Å²) in [5.74, 6) is 2.51. The molecule has 2 fully saturated rings. The Kier molecular flexibility index (Phi) is 6.92. The highest BCUT2D eigenvalue weighted by atomic mass is 79.9. The van der Waals surface area contributed by atoms with Crippen molar-refractivity contribution < 1.29 is 9.53 Å². The molecule has 1 heterocycles. The van der Waals surface area contributed by atoms with E-state index in [4.69, 9.17) is 4.74 Å². The highest BCUT2D eigenvalue weighted by molar-refractivity contribution is 9.10. The first kappa shape index (κ1) is 18.9. The van der Waals surface area contributed by atoms with Crippen molar-refractivity contribution in [1.29, 1.82) is 0 Å². The number of ether oxygens (including phenoxy) is 1. The van der Waals surface area contributed by atoms with Gasteiger partial charge in [0.25, 0.3) is 0 Å². The molecule has 0 bridgehead atoms. The van der Waals surface area contributed by atoms with Crippen LogP contribution in [-0.4, -0.2) is 17.1 Å². The Labute approximate surface area is 160 Å². The lowest BCUT2D eigenvalue weighted by molar-refractivity contribution is 0.0109. The van der Waals surface area contributed by atoms with Gasteiger partial charge in [0.2, 0.25) is 0 Å². The largest absolute Gasteiger partial charge is 0.459 e. The van der Waals surface area contributed by atoms with E-state index in [0.717, 1.165) is 35.1 Å². The van der Waals surface area contributed by atoms with Gasteiger partial charge >= 0.3 is 5.97 Å². The average molecular weight is 408 g/mol. The molecule has 0 atom stereocenters. The Morgan fingerprint density at radius 2 is 1.72 bits per heavy atom. The van der Waals surface area contributed by atoms with Gasteiger partial charge in [-0.05, 0) is 78.3 Å². The Morgan fingerprint density at radius 1 is 1.08 bits per heavy atom. The molecule has 2 aliphatic carbocycles. The van der Waals surface area contributed by atoms with Gasteiger partial charge in [0.1, 0.15) is 6.10 Å². The predicted molar refractivity (Wildman–Crippen MR) is 103 cm³/mol. The highest BCUT2D eigenvalue weighted by Crippen LogP contribution is 2.41. The number of carbonyl (C=O) groups is 1. The van der Waals surface area contributed by atoms with E-state index in [1.54, 1.807) is 18.5 Å². The average Bonchev–Trinajstić information content (AvgIpc) is 2.63. The topological polar surface area (TPSA) is 39.2 Å². The van der Waals surface area contributed by atoms with Crippen LogP contribution < -0.4 is 0 Å². The van der Waals surface area contributed by atoms with Crippen molar-refractivity contribution in [1.82, 2.24) is 4.98 Å². The smallest absolute Gasteiger partial charge is 0.340 e. The fraction of sp³-hybridized carbons (Fsp3) is 0.714. The van der Waals surface area contributed by atoms with Crippen molar-refractivity contribution in [2.75, 3.05) is 0 Å². The Balaban J connectivity index is 1.42. The van der Waals surface area contributed by atoms with Crippen LogP contribution in [0.3, 0.4) is 0 Å². The number of esters is 1. The van der Waals surface area contributed by atoms with Gasteiger partial charge in [0.15, 0.2) is 0 Å². The fourth-order valence-corrected chi connectivity index (χ4v) is 5.14. The monoisotopic (exact) mass is 407 g/mol. The van der Waals surface area contributed by atoms with Gasteiger partial charge in [-0.2, -0.15) is 0 Å². The van der Waals surface area contributed by atoms with E-state index in [1.807, 2.05) is 0 Å². The molecule has 25 heavy (non-hydrogen) atoms. The van der Waals surface area contributed by atoms with Crippen molar-refractivity contribution in [2.45, 2.75) is 77.2 Å². The van der Waals surface area contributed by atoms with E-state index >= 15 is 0 Å². The summed E-state index contributed by atoms with van der Waals surface area (Å²) in [5, 5.41) is 0. The van der Waals surface area contributed by atoms with E-state index in [0.29, 0.717) is 5.56 Å². The van der Waals surface area contributed by atoms with Crippen LogP contribution in [0.1, 0.15) is 81.5 Å². The fourth-order valence-electron chi connectivity index (χ4n) is 4.78. The Morgan fingerprint density at radius 3 is 2.32 bits per heavy atom. The molecule has 2 aliphatic rings. The molecule has 3 rings (SSSR count). The first-order chi connectivity index (χ1) is 12.2. The lowest BCUT2D eigenvalue weighted by Crippen LogP contribution is -2.29. The first-order valence-corrected chi connectivity index (χ1v) is 10.8. The van der Waals surface area contributed by atoms with Crippen LogP contribution in [0, 0.1) is 17.8 Å². The quantitative estimate of drug-likeness (QED) is 0.547. The zero-order valence-electron chi connectivity index (χ0n) is 15.3.